The molecule has 0 radical (unpaired) electrons. The first-order valence-electron chi connectivity index (χ1n) is 13.4. The van der Waals surface area contributed by atoms with Crippen molar-refractivity contribution in [3.05, 3.63) is 93.1 Å². The first-order valence-corrected chi connectivity index (χ1v) is 13.8. The maximum absolute atomic E-state index is 13.8. The number of hydrogen-bond acceptors (Lipinski definition) is 5. The van der Waals surface area contributed by atoms with Gasteiger partial charge in [-0.05, 0) is 67.1 Å². The lowest BCUT2D eigenvalue weighted by Crippen LogP contribution is -2.29. The van der Waals surface area contributed by atoms with Crippen LogP contribution >= 0.6 is 11.6 Å². The highest BCUT2D eigenvalue weighted by Gasteiger charge is 2.43. The van der Waals surface area contributed by atoms with Crippen molar-refractivity contribution in [1.29, 1.82) is 0 Å². The molecule has 1 amide bonds. The van der Waals surface area contributed by atoms with E-state index in [0.29, 0.717) is 58.1 Å². The Kier molecular flexibility index (Phi) is 7.76. The zero-order chi connectivity index (χ0) is 28.6. The summed E-state index contributed by atoms with van der Waals surface area (Å²) in [5, 5.41) is 18.8. The molecule has 0 bridgehead atoms. The number of aromatic hydroxyl groups is 1. The third kappa shape index (κ3) is 5.26. The molecule has 2 heterocycles. The molecule has 1 atom stereocenters. The van der Waals surface area contributed by atoms with E-state index >= 15 is 0 Å². The highest BCUT2D eigenvalue weighted by molar-refractivity contribution is 6.31. The van der Waals surface area contributed by atoms with Gasteiger partial charge in [0.2, 0.25) is 0 Å². The number of hydrogen-bond donors (Lipinski definition) is 2. The zero-order valence-electron chi connectivity index (χ0n) is 23.4. The predicted molar refractivity (Wildman–Crippen MR) is 156 cm³/mol. The van der Waals surface area contributed by atoms with E-state index in [2.05, 4.69) is 24.0 Å². The van der Waals surface area contributed by atoms with Crippen molar-refractivity contribution in [3.8, 4) is 28.5 Å². The number of carbonyl (C=O) groups is 1. The molecule has 1 aliphatic heterocycles. The van der Waals surface area contributed by atoms with Crippen molar-refractivity contribution < 1.29 is 19.4 Å². The summed E-state index contributed by atoms with van der Waals surface area (Å²) < 4.78 is 11.7. The number of amides is 1. The van der Waals surface area contributed by atoms with Crippen LogP contribution in [0.4, 0.5) is 0 Å². The number of aromatic nitrogens is 2. The number of aryl methyl sites for hydroxylation is 2. The van der Waals surface area contributed by atoms with Crippen LogP contribution in [0.3, 0.4) is 0 Å². The Hall–Kier alpha value is -3.97. The normalized spacial score (nSPS) is 14.6. The molecule has 3 aromatic carbocycles. The highest BCUT2D eigenvalue weighted by Crippen LogP contribution is 2.47. The van der Waals surface area contributed by atoms with Crippen molar-refractivity contribution in [2.75, 3.05) is 13.7 Å². The predicted octanol–water partition coefficient (Wildman–Crippen LogP) is 7.23. The van der Waals surface area contributed by atoms with Gasteiger partial charge in [0.25, 0.3) is 5.91 Å². The maximum atomic E-state index is 13.8. The van der Waals surface area contributed by atoms with Crippen molar-refractivity contribution in [1.82, 2.24) is 15.1 Å². The Morgan fingerprint density at radius 3 is 2.52 bits per heavy atom. The monoisotopic (exact) mass is 559 g/mol. The molecule has 4 aromatic rings. The van der Waals surface area contributed by atoms with Gasteiger partial charge in [0.05, 0.1) is 19.8 Å². The fraction of sp³-hybridized carbons (Fsp3) is 0.312. The molecule has 0 fully saturated rings. The quantitative estimate of drug-likeness (QED) is 0.226. The van der Waals surface area contributed by atoms with E-state index in [1.54, 1.807) is 19.2 Å². The number of fused-ring (bicyclic) bond motifs is 1. The molecule has 1 unspecified atom stereocenters. The molecular formula is C32H34ClN3O4. The summed E-state index contributed by atoms with van der Waals surface area (Å²) in [5.41, 5.74) is 5.76. The van der Waals surface area contributed by atoms with Crippen molar-refractivity contribution in [2.24, 2.45) is 5.92 Å². The van der Waals surface area contributed by atoms with Crippen LogP contribution in [-0.2, 0) is 6.54 Å². The molecular weight excluding hydrogens is 526 g/mol. The Bertz CT molecular complexity index is 1540. The molecule has 2 N–H and O–H groups in total. The van der Waals surface area contributed by atoms with Crippen LogP contribution in [0.25, 0.3) is 11.3 Å². The molecule has 0 saturated carbocycles. The van der Waals surface area contributed by atoms with E-state index in [9.17, 15) is 9.90 Å². The lowest BCUT2D eigenvalue weighted by Gasteiger charge is -2.27. The maximum Gasteiger partial charge on any atom is 0.273 e. The first kappa shape index (κ1) is 27.6. The van der Waals surface area contributed by atoms with Gasteiger partial charge in [0.15, 0.2) is 11.5 Å². The number of H-pyrrole nitrogens is 1. The molecule has 0 aliphatic carbocycles. The average Bonchev–Trinajstić information content (AvgIpc) is 3.46. The van der Waals surface area contributed by atoms with Crippen LogP contribution in [0.5, 0.6) is 17.2 Å². The third-order valence-corrected chi connectivity index (χ3v) is 7.73. The van der Waals surface area contributed by atoms with Crippen LogP contribution in [0.1, 0.15) is 64.6 Å². The number of phenols is 1. The van der Waals surface area contributed by atoms with Gasteiger partial charge in [-0.3, -0.25) is 9.89 Å². The van der Waals surface area contributed by atoms with Crippen molar-refractivity contribution >= 4 is 17.5 Å². The summed E-state index contributed by atoms with van der Waals surface area (Å²) in [6, 6.07) is 16.7. The summed E-state index contributed by atoms with van der Waals surface area (Å²) in [7, 11) is 1.61. The van der Waals surface area contributed by atoms with Gasteiger partial charge < -0.3 is 19.5 Å². The summed E-state index contributed by atoms with van der Waals surface area (Å²) in [6.07, 6.45) is 0.927. The Morgan fingerprint density at radius 1 is 1.07 bits per heavy atom. The van der Waals surface area contributed by atoms with E-state index in [-0.39, 0.29) is 11.7 Å². The van der Waals surface area contributed by atoms with Crippen LogP contribution in [0.15, 0.2) is 54.6 Å². The van der Waals surface area contributed by atoms with Crippen LogP contribution < -0.4 is 9.47 Å². The molecule has 1 aromatic heterocycles. The van der Waals surface area contributed by atoms with Gasteiger partial charge in [0.1, 0.15) is 17.1 Å². The molecule has 8 heteroatoms. The van der Waals surface area contributed by atoms with Crippen LogP contribution in [-0.4, -0.2) is 39.8 Å². The fourth-order valence-electron chi connectivity index (χ4n) is 5.04. The number of carbonyl (C=O) groups excluding carboxylic acids is 1. The fourth-order valence-corrected chi connectivity index (χ4v) is 5.20. The summed E-state index contributed by atoms with van der Waals surface area (Å²) in [4.78, 5) is 15.7. The first-order chi connectivity index (χ1) is 19.2. The Balaban J connectivity index is 1.62. The average molecular weight is 560 g/mol. The topological polar surface area (TPSA) is 87.7 Å². The van der Waals surface area contributed by atoms with Crippen LogP contribution in [0, 0.1) is 19.8 Å². The van der Waals surface area contributed by atoms with Crippen molar-refractivity contribution in [3.63, 3.8) is 0 Å². The minimum Gasteiger partial charge on any atom is -0.507 e. The number of phenolic OH excluding ortho intramolecular Hbond substituents is 1. The van der Waals surface area contributed by atoms with Gasteiger partial charge in [-0.15, -0.1) is 0 Å². The highest BCUT2D eigenvalue weighted by atomic mass is 35.5. The number of ether oxygens (including phenoxy) is 2. The molecule has 7 nitrogen and oxygen atoms in total. The largest absolute Gasteiger partial charge is 0.507 e. The second-order valence-corrected chi connectivity index (χ2v) is 11.1. The zero-order valence-corrected chi connectivity index (χ0v) is 24.2. The molecule has 40 heavy (non-hydrogen) atoms. The lowest BCUT2D eigenvalue weighted by atomic mass is 9.94. The van der Waals surface area contributed by atoms with Crippen molar-refractivity contribution in [2.45, 2.75) is 46.7 Å². The minimum absolute atomic E-state index is 0.0471. The number of nitrogens with one attached hydrogen (secondary N) is 1. The van der Waals surface area contributed by atoms with Gasteiger partial charge in [-0.25, -0.2) is 0 Å². The van der Waals surface area contributed by atoms with Gasteiger partial charge in [-0.2, -0.15) is 5.10 Å². The van der Waals surface area contributed by atoms with Gasteiger partial charge >= 0.3 is 0 Å². The minimum atomic E-state index is -0.490. The lowest BCUT2D eigenvalue weighted by molar-refractivity contribution is 0.0730. The SMILES string of the molecule is COc1cc(C2c3c(-c4cc(Cl)c(C)cc4O)n[nH]c3C(=O)N2Cc2ccc(C)cc2)ccc1OCCC(C)C. The number of methoxy groups -OCH3 is 1. The molecule has 0 saturated heterocycles. The number of aromatic amines is 1. The number of benzene rings is 3. The second-order valence-electron chi connectivity index (χ2n) is 10.7. The molecule has 208 valence electrons. The van der Waals surface area contributed by atoms with Gasteiger partial charge in [-0.1, -0.05) is 61.3 Å². The Morgan fingerprint density at radius 2 is 1.82 bits per heavy atom. The smallest absolute Gasteiger partial charge is 0.273 e. The van der Waals surface area contributed by atoms with Crippen LogP contribution in [0.2, 0.25) is 5.02 Å². The number of halogens is 1. The van der Waals surface area contributed by atoms with E-state index in [1.807, 2.05) is 61.2 Å². The Labute approximate surface area is 239 Å². The van der Waals surface area contributed by atoms with E-state index < -0.39 is 6.04 Å². The summed E-state index contributed by atoms with van der Waals surface area (Å²) in [6.45, 7) is 9.14. The number of nitrogens with zero attached hydrogens (tertiary/aromatic N) is 2. The summed E-state index contributed by atoms with van der Waals surface area (Å²) in [5.74, 6) is 1.63. The van der Waals surface area contributed by atoms with E-state index in [1.165, 1.54) is 0 Å². The van der Waals surface area contributed by atoms with Gasteiger partial charge in [0, 0.05) is 22.7 Å². The van der Waals surface area contributed by atoms with E-state index in [4.69, 9.17) is 21.1 Å². The van der Waals surface area contributed by atoms with E-state index in [0.717, 1.165) is 28.7 Å². The molecule has 1 aliphatic rings. The molecule has 5 rings (SSSR count). The molecule has 0 spiro atoms. The second kappa shape index (κ2) is 11.3. The standard InChI is InChI=1S/C32H34ClN3O4/c1-18(2)12-13-40-26-11-10-22(15-27(26)39-5)31-28-29(23-16-24(33)20(4)14-25(23)37)34-35-30(28)32(38)36(31)17-21-8-6-19(3)7-9-21/h6-11,14-16,18,31,37H,12-13,17H2,1-5H3,(H,34,35). The number of rotatable bonds is 9. The summed E-state index contributed by atoms with van der Waals surface area (Å²) >= 11 is 6.45. The third-order valence-electron chi connectivity index (χ3n) is 7.33.